The van der Waals surface area contributed by atoms with Crippen molar-refractivity contribution >= 4 is 44.8 Å². The van der Waals surface area contributed by atoms with E-state index in [9.17, 15) is 13.2 Å². The first kappa shape index (κ1) is 13.6. The van der Waals surface area contributed by atoms with Gasteiger partial charge in [0.25, 0.3) is 0 Å². The third kappa shape index (κ3) is 2.35. The summed E-state index contributed by atoms with van der Waals surface area (Å²) in [7, 11) is 0. The lowest BCUT2D eigenvalue weighted by Gasteiger charge is -2.23. The molecule has 1 aliphatic rings. The number of benzene rings is 2. The van der Waals surface area contributed by atoms with Crippen LogP contribution in [0.1, 0.15) is 5.56 Å². The normalized spacial score (nSPS) is 13.4. The molecule has 0 bridgehead atoms. The van der Waals surface area contributed by atoms with E-state index in [1.54, 1.807) is 0 Å². The Morgan fingerprint density at radius 3 is 2.55 bits per heavy atom. The number of fused-ring (bicyclic) bond motifs is 2. The Morgan fingerprint density at radius 2 is 1.85 bits per heavy atom. The largest absolute Gasteiger partial charge is 0.416 e. The van der Waals surface area contributed by atoms with Crippen molar-refractivity contribution in [2.45, 2.75) is 16.0 Å². The van der Waals surface area contributed by atoms with E-state index in [4.69, 9.17) is 5.73 Å². The van der Waals surface area contributed by atoms with E-state index >= 15 is 0 Å². The van der Waals surface area contributed by atoms with Gasteiger partial charge in [-0.15, -0.1) is 0 Å². The van der Waals surface area contributed by atoms with Crippen molar-refractivity contribution in [3.8, 4) is 0 Å². The highest BCUT2D eigenvalue weighted by atomic mass is 79.9. The molecule has 0 fully saturated rings. The average Bonchev–Trinajstić information content (AvgIpc) is 2.35. The molecule has 2 aromatic carbocycles. The average molecular weight is 361 g/mol. The van der Waals surface area contributed by atoms with E-state index in [0.717, 1.165) is 27.2 Å². The molecule has 7 heteroatoms. The smallest absolute Gasteiger partial charge is 0.397 e. The number of rotatable bonds is 0. The van der Waals surface area contributed by atoms with Gasteiger partial charge in [-0.25, -0.2) is 0 Å². The molecule has 3 N–H and O–H groups in total. The molecule has 0 aliphatic carbocycles. The van der Waals surface area contributed by atoms with Crippen LogP contribution >= 0.6 is 27.7 Å². The van der Waals surface area contributed by atoms with Crippen LogP contribution in [-0.2, 0) is 6.18 Å². The Labute approximate surface area is 125 Å². The van der Waals surface area contributed by atoms with Crippen molar-refractivity contribution in [3.63, 3.8) is 0 Å². The number of alkyl halides is 3. The Hall–Kier alpha value is -1.34. The molecule has 2 nitrogen and oxygen atoms in total. The van der Waals surface area contributed by atoms with E-state index in [2.05, 4.69) is 21.2 Å². The standard InChI is InChI=1S/C13H8BrF3N2S/c14-7-1-2-9-10(5-7)20-11-4-6(13(15,16)17)3-8(18)12(11)19-9/h1-5,19H,18H2. The van der Waals surface area contributed by atoms with Crippen molar-refractivity contribution in [2.24, 2.45) is 0 Å². The van der Waals surface area contributed by atoms with Gasteiger partial charge in [0.05, 0.1) is 22.6 Å². The van der Waals surface area contributed by atoms with Crippen LogP contribution in [0.3, 0.4) is 0 Å². The van der Waals surface area contributed by atoms with Crippen molar-refractivity contribution in [2.75, 3.05) is 11.1 Å². The van der Waals surface area contributed by atoms with Crippen LogP contribution in [0.5, 0.6) is 0 Å². The van der Waals surface area contributed by atoms with E-state index in [1.807, 2.05) is 18.2 Å². The van der Waals surface area contributed by atoms with Gasteiger partial charge in [-0.2, -0.15) is 13.2 Å². The summed E-state index contributed by atoms with van der Waals surface area (Å²) in [5.41, 5.74) is 6.46. The van der Waals surface area contributed by atoms with Gasteiger partial charge >= 0.3 is 6.18 Å². The third-order valence-electron chi connectivity index (χ3n) is 2.88. The molecule has 1 aliphatic heterocycles. The van der Waals surface area contributed by atoms with Gasteiger partial charge in [-0.1, -0.05) is 27.7 Å². The molecule has 0 unspecified atom stereocenters. The van der Waals surface area contributed by atoms with Crippen LogP contribution in [0, 0.1) is 0 Å². The molecule has 0 aromatic heterocycles. The lowest BCUT2D eigenvalue weighted by Crippen LogP contribution is -2.09. The van der Waals surface area contributed by atoms with Gasteiger partial charge in [0, 0.05) is 14.3 Å². The summed E-state index contributed by atoms with van der Waals surface area (Å²) in [6.07, 6.45) is -4.40. The van der Waals surface area contributed by atoms with Crippen LogP contribution in [0.2, 0.25) is 0 Å². The monoisotopic (exact) mass is 360 g/mol. The summed E-state index contributed by atoms with van der Waals surface area (Å²) in [5.74, 6) is 0. The molecule has 2 aromatic rings. The second-order valence-electron chi connectivity index (χ2n) is 4.30. The van der Waals surface area contributed by atoms with E-state index in [-0.39, 0.29) is 5.69 Å². The minimum absolute atomic E-state index is 0.0934. The fraction of sp³-hybridized carbons (Fsp3) is 0.0769. The second kappa shape index (κ2) is 4.60. The number of anilines is 3. The van der Waals surface area contributed by atoms with Gasteiger partial charge in [0.1, 0.15) is 0 Å². The molecule has 20 heavy (non-hydrogen) atoms. The SMILES string of the molecule is Nc1cc(C(F)(F)F)cc2c1Nc1ccc(Br)cc1S2. The Bertz CT molecular complexity index is 701. The van der Waals surface area contributed by atoms with Crippen molar-refractivity contribution < 1.29 is 13.2 Å². The molecule has 0 radical (unpaired) electrons. The summed E-state index contributed by atoms with van der Waals surface area (Å²) in [5, 5.41) is 3.08. The van der Waals surface area contributed by atoms with Crippen LogP contribution < -0.4 is 11.1 Å². The zero-order chi connectivity index (χ0) is 14.5. The quantitative estimate of drug-likeness (QED) is 0.537. The molecule has 0 saturated carbocycles. The topological polar surface area (TPSA) is 38.0 Å². The first-order valence-electron chi connectivity index (χ1n) is 5.60. The number of hydrogen-bond acceptors (Lipinski definition) is 3. The predicted molar refractivity (Wildman–Crippen MR) is 77.4 cm³/mol. The third-order valence-corrected chi connectivity index (χ3v) is 4.48. The maximum atomic E-state index is 12.8. The molecule has 0 saturated heterocycles. The Kier molecular flexibility index (Phi) is 3.13. The number of halogens is 4. The lowest BCUT2D eigenvalue weighted by molar-refractivity contribution is -0.137. The second-order valence-corrected chi connectivity index (χ2v) is 6.30. The molecule has 0 atom stereocenters. The van der Waals surface area contributed by atoms with Crippen molar-refractivity contribution in [3.05, 3.63) is 40.4 Å². The highest BCUT2D eigenvalue weighted by Gasteiger charge is 2.33. The van der Waals surface area contributed by atoms with Crippen molar-refractivity contribution in [1.29, 1.82) is 0 Å². The number of nitrogen functional groups attached to an aromatic ring is 1. The highest BCUT2D eigenvalue weighted by molar-refractivity contribution is 9.10. The van der Waals surface area contributed by atoms with Gasteiger partial charge < -0.3 is 11.1 Å². The summed E-state index contributed by atoms with van der Waals surface area (Å²) < 4.78 is 39.3. The number of hydrogen-bond donors (Lipinski definition) is 2. The molecule has 3 rings (SSSR count). The maximum Gasteiger partial charge on any atom is 0.416 e. The van der Waals surface area contributed by atoms with E-state index in [1.165, 1.54) is 11.8 Å². The fourth-order valence-electron chi connectivity index (χ4n) is 1.95. The molecule has 1 heterocycles. The van der Waals surface area contributed by atoms with Gasteiger partial charge in [0.2, 0.25) is 0 Å². The molecule has 104 valence electrons. The zero-order valence-corrected chi connectivity index (χ0v) is 12.3. The van der Waals surface area contributed by atoms with Crippen molar-refractivity contribution in [1.82, 2.24) is 0 Å². The zero-order valence-electron chi connectivity index (χ0n) is 9.88. The molecule has 0 spiro atoms. The highest BCUT2D eigenvalue weighted by Crippen LogP contribution is 2.49. The predicted octanol–water partition coefficient (Wildman–Crippen LogP) is 5.26. The summed E-state index contributed by atoms with van der Waals surface area (Å²) in [6.45, 7) is 0. The Balaban J connectivity index is 2.10. The van der Waals surface area contributed by atoms with Crippen LogP contribution in [0.15, 0.2) is 44.6 Å². The number of nitrogens with one attached hydrogen (secondary N) is 1. The summed E-state index contributed by atoms with van der Waals surface area (Å²) in [6, 6.07) is 7.64. The minimum Gasteiger partial charge on any atom is -0.397 e. The number of nitrogens with two attached hydrogens (primary N) is 1. The first-order chi connectivity index (χ1) is 9.34. The summed E-state index contributed by atoms with van der Waals surface area (Å²) >= 11 is 4.61. The minimum atomic E-state index is -4.40. The van der Waals surface area contributed by atoms with Crippen LogP contribution in [0.25, 0.3) is 0 Å². The molecule has 0 amide bonds. The lowest BCUT2D eigenvalue weighted by atomic mass is 10.1. The van der Waals surface area contributed by atoms with Crippen LogP contribution in [0.4, 0.5) is 30.2 Å². The first-order valence-corrected chi connectivity index (χ1v) is 7.21. The molecular weight excluding hydrogens is 353 g/mol. The van der Waals surface area contributed by atoms with Crippen LogP contribution in [-0.4, -0.2) is 0 Å². The summed E-state index contributed by atoms with van der Waals surface area (Å²) in [4.78, 5) is 1.33. The van der Waals surface area contributed by atoms with E-state index in [0.29, 0.717) is 10.6 Å². The fourth-order valence-corrected chi connectivity index (χ4v) is 3.57. The van der Waals surface area contributed by atoms with Gasteiger partial charge in [0.15, 0.2) is 0 Å². The maximum absolute atomic E-state index is 12.8. The van der Waals surface area contributed by atoms with Gasteiger partial charge in [-0.05, 0) is 30.3 Å². The van der Waals surface area contributed by atoms with Gasteiger partial charge in [-0.3, -0.25) is 0 Å². The van der Waals surface area contributed by atoms with E-state index < -0.39 is 11.7 Å². The molecular formula is C13H8BrF3N2S. The Morgan fingerprint density at radius 1 is 1.10 bits per heavy atom.